The Labute approximate surface area is 138 Å². The summed E-state index contributed by atoms with van der Waals surface area (Å²) in [6, 6.07) is 8.00. The first-order valence-corrected chi connectivity index (χ1v) is 11.6. The Morgan fingerprint density at radius 1 is 0.913 bits per heavy atom. The Kier molecular flexibility index (Phi) is 4.55. The first-order chi connectivity index (χ1) is 10.7. The van der Waals surface area contributed by atoms with Crippen molar-refractivity contribution in [2.45, 2.75) is 38.4 Å². The van der Waals surface area contributed by atoms with E-state index in [0.29, 0.717) is 19.4 Å². The molecule has 1 aromatic rings. The van der Waals surface area contributed by atoms with Gasteiger partial charge in [0.15, 0.2) is 19.7 Å². The van der Waals surface area contributed by atoms with Gasteiger partial charge in [0.2, 0.25) is 0 Å². The molecular weight excluding hydrogens is 334 g/mol. The second kappa shape index (κ2) is 6.18. The maximum atomic E-state index is 11.8. The number of hydrogen-bond donors (Lipinski definition) is 0. The lowest BCUT2D eigenvalue weighted by atomic mass is 10.1. The van der Waals surface area contributed by atoms with Crippen LogP contribution >= 0.6 is 0 Å². The Balaban J connectivity index is 1.83. The Morgan fingerprint density at radius 3 is 1.78 bits per heavy atom. The summed E-state index contributed by atoms with van der Waals surface area (Å²) in [6.45, 7) is 2.63. The summed E-state index contributed by atoms with van der Waals surface area (Å²) in [5.74, 6) is 0.716. The fourth-order valence-electron chi connectivity index (χ4n) is 3.53. The predicted octanol–water partition coefficient (Wildman–Crippen LogP) is 1.17. The van der Waals surface area contributed by atoms with Gasteiger partial charge in [-0.2, -0.15) is 0 Å². The molecule has 0 saturated carbocycles. The summed E-state index contributed by atoms with van der Waals surface area (Å²) >= 11 is 0. The molecule has 0 amide bonds. The predicted molar refractivity (Wildman–Crippen MR) is 90.8 cm³/mol. The minimum Gasteiger partial charge on any atom is -0.291 e. The van der Waals surface area contributed by atoms with Crippen LogP contribution in [-0.4, -0.2) is 56.8 Å². The molecule has 0 spiro atoms. The number of hydrogen-bond acceptors (Lipinski definition) is 5. The lowest BCUT2D eigenvalue weighted by Crippen LogP contribution is -2.44. The summed E-state index contributed by atoms with van der Waals surface area (Å²) in [7, 11) is -5.98. The summed E-state index contributed by atoms with van der Waals surface area (Å²) in [4.78, 5) is 2.12. The van der Waals surface area contributed by atoms with Gasteiger partial charge in [-0.05, 0) is 25.3 Å². The highest BCUT2D eigenvalue weighted by atomic mass is 32.2. The van der Waals surface area contributed by atoms with Crippen LogP contribution in [0.25, 0.3) is 0 Å². The molecule has 1 aromatic carbocycles. The summed E-state index contributed by atoms with van der Waals surface area (Å²) in [5.41, 5.74) is 2.27. The molecular formula is C16H23NO4S2. The minimum absolute atomic E-state index is 0.0698. The zero-order valence-corrected chi connectivity index (χ0v) is 14.9. The monoisotopic (exact) mass is 357 g/mol. The van der Waals surface area contributed by atoms with E-state index in [-0.39, 0.29) is 35.1 Å². The summed E-state index contributed by atoms with van der Waals surface area (Å²) in [5, 5.41) is 0. The van der Waals surface area contributed by atoms with E-state index in [1.165, 1.54) is 5.56 Å². The molecule has 0 radical (unpaired) electrons. The Morgan fingerprint density at radius 2 is 1.39 bits per heavy atom. The highest BCUT2D eigenvalue weighted by Crippen LogP contribution is 2.27. The fourth-order valence-corrected chi connectivity index (χ4v) is 7.02. The standard InChI is InChI=1S/C16H23NO4S2/c1-13-2-4-14(5-3-13)10-17(15-6-8-22(18,19)11-15)16-7-9-23(20,21)12-16/h2-5,15-16H,6-12H2,1H3/t15-,16-/m0/s1. The van der Waals surface area contributed by atoms with Gasteiger partial charge in [0.25, 0.3) is 0 Å². The van der Waals surface area contributed by atoms with E-state index in [2.05, 4.69) is 4.90 Å². The zero-order valence-electron chi connectivity index (χ0n) is 13.3. The maximum absolute atomic E-state index is 11.8. The number of aryl methyl sites for hydroxylation is 1. The van der Waals surface area contributed by atoms with Gasteiger partial charge in [0.1, 0.15) is 0 Å². The third-order valence-corrected chi connectivity index (χ3v) is 8.34. The normalized spacial score (nSPS) is 29.1. The SMILES string of the molecule is Cc1ccc(CN([C@H]2CCS(=O)(=O)C2)[C@H]2CCS(=O)(=O)C2)cc1. The van der Waals surface area contributed by atoms with Gasteiger partial charge in [-0.15, -0.1) is 0 Å². The Bertz CT molecular complexity index is 725. The van der Waals surface area contributed by atoms with Crippen molar-refractivity contribution in [3.05, 3.63) is 35.4 Å². The average Bonchev–Trinajstić information content (AvgIpc) is 3.00. The second-order valence-corrected chi connectivity index (χ2v) is 11.2. The van der Waals surface area contributed by atoms with Gasteiger partial charge >= 0.3 is 0 Å². The number of rotatable bonds is 4. The lowest BCUT2D eigenvalue weighted by molar-refractivity contribution is 0.150. The first-order valence-electron chi connectivity index (χ1n) is 7.96. The second-order valence-electron chi connectivity index (χ2n) is 6.77. The molecule has 2 aliphatic heterocycles. The maximum Gasteiger partial charge on any atom is 0.151 e. The third kappa shape index (κ3) is 4.14. The van der Waals surface area contributed by atoms with Crippen molar-refractivity contribution in [3.8, 4) is 0 Å². The van der Waals surface area contributed by atoms with Crippen molar-refractivity contribution >= 4 is 19.7 Å². The van der Waals surface area contributed by atoms with Crippen LogP contribution < -0.4 is 0 Å². The fraction of sp³-hybridized carbons (Fsp3) is 0.625. The molecule has 5 nitrogen and oxygen atoms in total. The molecule has 23 heavy (non-hydrogen) atoms. The molecule has 0 aliphatic carbocycles. The Hall–Kier alpha value is -0.920. The topological polar surface area (TPSA) is 71.5 Å². The molecule has 2 heterocycles. The highest BCUT2D eigenvalue weighted by molar-refractivity contribution is 7.92. The third-order valence-electron chi connectivity index (χ3n) is 4.84. The lowest BCUT2D eigenvalue weighted by Gasteiger charge is -2.33. The molecule has 2 aliphatic rings. The van der Waals surface area contributed by atoms with E-state index < -0.39 is 19.7 Å². The van der Waals surface area contributed by atoms with Crippen molar-refractivity contribution < 1.29 is 16.8 Å². The van der Waals surface area contributed by atoms with Crippen LogP contribution in [0.15, 0.2) is 24.3 Å². The molecule has 0 bridgehead atoms. The number of sulfone groups is 2. The molecule has 2 fully saturated rings. The van der Waals surface area contributed by atoms with Crippen molar-refractivity contribution in [1.82, 2.24) is 4.90 Å². The van der Waals surface area contributed by atoms with Gasteiger partial charge in [0, 0.05) is 18.6 Å². The molecule has 2 saturated heterocycles. The van der Waals surface area contributed by atoms with Gasteiger partial charge in [-0.1, -0.05) is 29.8 Å². The minimum atomic E-state index is -2.99. The average molecular weight is 357 g/mol. The van der Waals surface area contributed by atoms with Crippen molar-refractivity contribution in [3.63, 3.8) is 0 Å². The van der Waals surface area contributed by atoms with Crippen LogP contribution in [0.4, 0.5) is 0 Å². The van der Waals surface area contributed by atoms with Gasteiger partial charge in [-0.25, -0.2) is 16.8 Å². The van der Waals surface area contributed by atoms with Crippen molar-refractivity contribution in [2.75, 3.05) is 23.0 Å². The van der Waals surface area contributed by atoms with E-state index in [4.69, 9.17) is 0 Å². The molecule has 0 aromatic heterocycles. The number of nitrogens with zero attached hydrogens (tertiary/aromatic N) is 1. The van der Waals surface area contributed by atoms with E-state index in [9.17, 15) is 16.8 Å². The van der Waals surface area contributed by atoms with Crippen LogP contribution in [0.5, 0.6) is 0 Å². The van der Waals surface area contributed by atoms with Crippen LogP contribution in [0.2, 0.25) is 0 Å². The molecule has 2 atom stereocenters. The van der Waals surface area contributed by atoms with E-state index >= 15 is 0 Å². The largest absolute Gasteiger partial charge is 0.291 e. The van der Waals surface area contributed by atoms with Crippen LogP contribution in [0, 0.1) is 6.92 Å². The van der Waals surface area contributed by atoms with Crippen molar-refractivity contribution in [1.29, 1.82) is 0 Å². The molecule has 128 valence electrons. The smallest absolute Gasteiger partial charge is 0.151 e. The van der Waals surface area contributed by atoms with Crippen LogP contribution in [0.1, 0.15) is 24.0 Å². The van der Waals surface area contributed by atoms with Crippen molar-refractivity contribution in [2.24, 2.45) is 0 Å². The summed E-state index contributed by atoms with van der Waals surface area (Å²) < 4.78 is 47.4. The van der Waals surface area contributed by atoms with Gasteiger partial charge in [0.05, 0.1) is 23.0 Å². The van der Waals surface area contributed by atoms with E-state index in [1.807, 2.05) is 31.2 Å². The number of benzene rings is 1. The van der Waals surface area contributed by atoms with E-state index in [0.717, 1.165) is 5.56 Å². The molecule has 0 N–H and O–H groups in total. The van der Waals surface area contributed by atoms with Crippen LogP contribution in [-0.2, 0) is 26.2 Å². The quantitative estimate of drug-likeness (QED) is 0.809. The van der Waals surface area contributed by atoms with Gasteiger partial charge < -0.3 is 0 Å². The van der Waals surface area contributed by atoms with Gasteiger partial charge in [-0.3, -0.25) is 4.90 Å². The molecule has 7 heteroatoms. The first kappa shape index (κ1) is 16.9. The highest BCUT2D eigenvalue weighted by Gasteiger charge is 2.39. The van der Waals surface area contributed by atoms with Crippen LogP contribution in [0.3, 0.4) is 0 Å². The summed E-state index contributed by atoms with van der Waals surface area (Å²) in [6.07, 6.45) is 1.20. The van der Waals surface area contributed by atoms with E-state index in [1.54, 1.807) is 0 Å². The molecule has 3 rings (SSSR count). The molecule has 0 unspecified atom stereocenters. The zero-order chi connectivity index (χ0) is 16.7.